The molecule has 2 aromatic carbocycles. The zero-order valence-electron chi connectivity index (χ0n) is 13.6. The number of nitrogens with one attached hydrogen (secondary N) is 1. The van der Waals surface area contributed by atoms with Crippen molar-refractivity contribution in [3.63, 3.8) is 0 Å². The summed E-state index contributed by atoms with van der Waals surface area (Å²) >= 11 is 3.46. The van der Waals surface area contributed by atoms with E-state index in [0.29, 0.717) is 30.4 Å². The van der Waals surface area contributed by atoms with E-state index in [1.54, 1.807) is 12.1 Å². The van der Waals surface area contributed by atoms with Gasteiger partial charge in [-0.05, 0) is 55.8 Å². The van der Waals surface area contributed by atoms with Crippen LogP contribution in [0.1, 0.15) is 19.4 Å². The third-order valence-corrected chi connectivity index (χ3v) is 3.93. The van der Waals surface area contributed by atoms with E-state index >= 15 is 0 Å². The lowest BCUT2D eigenvalue weighted by atomic mass is 10.1. The summed E-state index contributed by atoms with van der Waals surface area (Å²) in [7, 11) is 0. The van der Waals surface area contributed by atoms with Gasteiger partial charge in [-0.2, -0.15) is 0 Å². The van der Waals surface area contributed by atoms with E-state index < -0.39 is 0 Å². The Balaban J connectivity index is 2.14. The first-order valence-electron chi connectivity index (χ1n) is 7.67. The third-order valence-electron chi connectivity index (χ3n) is 3.19. The summed E-state index contributed by atoms with van der Waals surface area (Å²) in [4.78, 5) is 12.2. The Morgan fingerprint density at radius 1 is 1.08 bits per heavy atom. The molecule has 2 rings (SSSR count). The highest BCUT2D eigenvalue weighted by Crippen LogP contribution is 2.34. The summed E-state index contributed by atoms with van der Waals surface area (Å²) in [5.74, 6) is 0.693. The minimum atomic E-state index is -0.344. The maximum atomic E-state index is 12.9. The number of carbonyl (C=O) groups is 1. The summed E-state index contributed by atoms with van der Waals surface area (Å²) in [6, 6.07) is 9.24. The largest absolute Gasteiger partial charge is 0.490 e. The van der Waals surface area contributed by atoms with Gasteiger partial charge in [-0.1, -0.05) is 15.9 Å². The summed E-state index contributed by atoms with van der Waals surface area (Å²) in [5, 5.41) is 2.74. The Labute approximate surface area is 149 Å². The molecule has 2 aromatic rings. The number of rotatable bonds is 7. The first kappa shape index (κ1) is 18.3. The standard InChI is InChI=1S/C18H19BrFNO3/c1-3-23-16-9-12(15(19)11-17(16)24-4-2)10-18(22)21-14-7-5-13(20)6-8-14/h5-9,11H,3-4,10H2,1-2H3,(H,21,22). The molecule has 24 heavy (non-hydrogen) atoms. The number of amides is 1. The van der Waals surface area contributed by atoms with Crippen LogP contribution in [0.5, 0.6) is 11.5 Å². The van der Waals surface area contributed by atoms with Crippen LogP contribution in [0.3, 0.4) is 0 Å². The van der Waals surface area contributed by atoms with Crippen LogP contribution in [-0.4, -0.2) is 19.1 Å². The molecule has 0 spiro atoms. The van der Waals surface area contributed by atoms with Gasteiger partial charge in [0.25, 0.3) is 0 Å². The first-order chi connectivity index (χ1) is 11.5. The molecule has 4 nitrogen and oxygen atoms in total. The van der Waals surface area contributed by atoms with E-state index in [-0.39, 0.29) is 18.1 Å². The molecule has 0 unspecified atom stereocenters. The van der Waals surface area contributed by atoms with Crippen molar-refractivity contribution in [3.05, 3.63) is 52.3 Å². The minimum Gasteiger partial charge on any atom is -0.490 e. The van der Waals surface area contributed by atoms with Crippen molar-refractivity contribution in [2.24, 2.45) is 0 Å². The lowest BCUT2D eigenvalue weighted by Crippen LogP contribution is -2.15. The second-order valence-corrected chi connectivity index (χ2v) is 5.84. The molecular formula is C18H19BrFNO3. The fourth-order valence-corrected chi connectivity index (χ4v) is 2.62. The van der Waals surface area contributed by atoms with Gasteiger partial charge < -0.3 is 14.8 Å². The molecule has 0 saturated heterocycles. The zero-order valence-corrected chi connectivity index (χ0v) is 15.2. The van der Waals surface area contributed by atoms with Crippen LogP contribution < -0.4 is 14.8 Å². The molecule has 0 aliphatic heterocycles. The summed E-state index contributed by atoms with van der Waals surface area (Å²) < 4.78 is 24.8. The second-order valence-electron chi connectivity index (χ2n) is 4.99. The molecule has 0 radical (unpaired) electrons. The van der Waals surface area contributed by atoms with Gasteiger partial charge in [0.2, 0.25) is 5.91 Å². The van der Waals surface area contributed by atoms with Crippen molar-refractivity contribution in [3.8, 4) is 11.5 Å². The van der Waals surface area contributed by atoms with E-state index in [1.165, 1.54) is 24.3 Å². The first-order valence-corrected chi connectivity index (χ1v) is 8.46. The fourth-order valence-electron chi connectivity index (χ4n) is 2.16. The van der Waals surface area contributed by atoms with Gasteiger partial charge in [-0.3, -0.25) is 4.79 Å². The van der Waals surface area contributed by atoms with Crippen molar-refractivity contribution in [1.29, 1.82) is 0 Å². The summed E-state index contributed by atoms with van der Waals surface area (Å²) in [5.41, 5.74) is 1.33. The summed E-state index contributed by atoms with van der Waals surface area (Å²) in [6.45, 7) is 4.81. The van der Waals surface area contributed by atoms with Crippen LogP contribution in [0, 0.1) is 5.82 Å². The molecule has 0 bridgehead atoms. The number of hydrogen-bond donors (Lipinski definition) is 1. The topological polar surface area (TPSA) is 47.6 Å². The lowest BCUT2D eigenvalue weighted by Gasteiger charge is -2.14. The monoisotopic (exact) mass is 395 g/mol. The molecule has 0 fully saturated rings. The average molecular weight is 396 g/mol. The van der Waals surface area contributed by atoms with E-state index in [9.17, 15) is 9.18 Å². The average Bonchev–Trinajstić information content (AvgIpc) is 2.54. The van der Waals surface area contributed by atoms with Crippen LogP contribution in [-0.2, 0) is 11.2 Å². The number of benzene rings is 2. The van der Waals surface area contributed by atoms with Crippen molar-refractivity contribution >= 4 is 27.5 Å². The summed E-state index contributed by atoms with van der Waals surface area (Å²) in [6.07, 6.45) is 0.157. The van der Waals surface area contributed by atoms with E-state index in [1.807, 2.05) is 13.8 Å². The Bertz CT molecular complexity index is 704. The second kappa shape index (κ2) is 8.68. The van der Waals surface area contributed by atoms with Gasteiger partial charge >= 0.3 is 0 Å². The highest BCUT2D eigenvalue weighted by molar-refractivity contribution is 9.10. The maximum Gasteiger partial charge on any atom is 0.228 e. The van der Waals surface area contributed by atoms with E-state index in [2.05, 4.69) is 21.2 Å². The van der Waals surface area contributed by atoms with Crippen molar-refractivity contribution < 1.29 is 18.7 Å². The minimum absolute atomic E-state index is 0.157. The number of anilines is 1. The number of hydrogen-bond acceptors (Lipinski definition) is 3. The van der Waals surface area contributed by atoms with Crippen LogP contribution >= 0.6 is 15.9 Å². The van der Waals surface area contributed by atoms with Crippen LogP contribution in [0.25, 0.3) is 0 Å². The fraction of sp³-hybridized carbons (Fsp3) is 0.278. The lowest BCUT2D eigenvalue weighted by molar-refractivity contribution is -0.115. The van der Waals surface area contributed by atoms with Crippen LogP contribution in [0.15, 0.2) is 40.9 Å². The number of carbonyl (C=O) groups excluding carboxylic acids is 1. The molecular weight excluding hydrogens is 377 g/mol. The maximum absolute atomic E-state index is 12.9. The van der Waals surface area contributed by atoms with Gasteiger partial charge in [0.1, 0.15) is 5.82 Å². The van der Waals surface area contributed by atoms with Gasteiger partial charge in [0.15, 0.2) is 11.5 Å². The normalized spacial score (nSPS) is 10.3. The smallest absolute Gasteiger partial charge is 0.228 e. The Morgan fingerprint density at radius 2 is 1.67 bits per heavy atom. The number of halogens is 2. The quantitative estimate of drug-likeness (QED) is 0.746. The Hall–Kier alpha value is -2.08. The third kappa shape index (κ3) is 4.96. The van der Waals surface area contributed by atoms with E-state index in [4.69, 9.17) is 9.47 Å². The highest BCUT2D eigenvalue weighted by Gasteiger charge is 2.13. The Kier molecular flexibility index (Phi) is 6.61. The number of ether oxygens (including phenoxy) is 2. The molecule has 0 saturated carbocycles. The van der Waals surface area contributed by atoms with Gasteiger partial charge in [-0.15, -0.1) is 0 Å². The van der Waals surface area contributed by atoms with Crippen LogP contribution in [0.2, 0.25) is 0 Å². The molecule has 6 heteroatoms. The molecule has 0 atom stereocenters. The molecule has 0 aliphatic carbocycles. The van der Waals surface area contributed by atoms with E-state index in [0.717, 1.165) is 10.0 Å². The van der Waals surface area contributed by atoms with Crippen molar-refractivity contribution in [1.82, 2.24) is 0 Å². The zero-order chi connectivity index (χ0) is 17.5. The van der Waals surface area contributed by atoms with Crippen LogP contribution in [0.4, 0.5) is 10.1 Å². The molecule has 0 heterocycles. The van der Waals surface area contributed by atoms with Crippen molar-refractivity contribution in [2.75, 3.05) is 18.5 Å². The molecule has 128 valence electrons. The molecule has 1 N–H and O–H groups in total. The molecule has 1 amide bonds. The SMILES string of the molecule is CCOc1cc(Br)c(CC(=O)Nc2ccc(F)cc2)cc1OCC. The predicted octanol–water partition coefficient (Wildman–Crippen LogP) is 4.57. The molecule has 0 aromatic heterocycles. The highest BCUT2D eigenvalue weighted by atomic mass is 79.9. The molecule has 0 aliphatic rings. The van der Waals surface area contributed by atoms with Gasteiger partial charge in [-0.25, -0.2) is 4.39 Å². The van der Waals surface area contributed by atoms with Gasteiger partial charge in [0, 0.05) is 10.2 Å². The van der Waals surface area contributed by atoms with Crippen molar-refractivity contribution in [2.45, 2.75) is 20.3 Å². The Morgan fingerprint density at radius 3 is 2.25 bits per heavy atom. The predicted molar refractivity (Wildman–Crippen MR) is 95.2 cm³/mol. The van der Waals surface area contributed by atoms with Gasteiger partial charge in [0.05, 0.1) is 19.6 Å².